The third-order valence-corrected chi connectivity index (χ3v) is 3.92. The molecule has 0 aromatic heterocycles. The molecule has 106 valence electrons. The topological polar surface area (TPSA) is 0 Å². The van der Waals surface area contributed by atoms with Crippen LogP contribution in [0.25, 0.3) is 32.7 Å². The second-order valence-corrected chi connectivity index (χ2v) is 5.35. The van der Waals surface area contributed by atoms with Gasteiger partial charge in [-0.2, -0.15) is 0 Å². The van der Waals surface area contributed by atoms with Gasteiger partial charge in [-0.05, 0) is 50.9 Å². The first-order chi connectivity index (χ1) is 10.7. The average Bonchev–Trinajstić information content (AvgIpc) is 2.51. The summed E-state index contributed by atoms with van der Waals surface area (Å²) in [5, 5.41) is 4.10. The van der Waals surface area contributed by atoms with Crippen LogP contribution in [0.1, 0.15) is 0 Å². The van der Waals surface area contributed by atoms with Crippen molar-refractivity contribution in [1.29, 1.82) is 0 Å². The van der Waals surface area contributed by atoms with Crippen LogP contribution < -0.4 is 0 Å². The molecule has 0 spiro atoms. The van der Waals surface area contributed by atoms with Crippen molar-refractivity contribution < 1.29 is 8.78 Å². The summed E-state index contributed by atoms with van der Waals surface area (Å²) in [6.45, 7) is 0. The Kier molecular flexibility index (Phi) is 2.90. The van der Waals surface area contributed by atoms with Gasteiger partial charge >= 0.3 is 0 Å². The molecule has 0 radical (unpaired) electrons. The predicted octanol–water partition coefficient (Wildman–Crippen LogP) is 5.94. The van der Waals surface area contributed by atoms with Gasteiger partial charge in [-0.15, -0.1) is 0 Å². The molecule has 0 heterocycles. The Bertz CT molecular complexity index is 929. The van der Waals surface area contributed by atoms with E-state index in [1.54, 1.807) is 0 Å². The minimum atomic E-state index is -0.563. The second-order valence-electron chi connectivity index (χ2n) is 5.35. The zero-order chi connectivity index (χ0) is 15.1. The summed E-state index contributed by atoms with van der Waals surface area (Å²) >= 11 is 0. The number of benzene rings is 4. The van der Waals surface area contributed by atoms with Crippen molar-refractivity contribution in [2.75, 3.05) is 0 Å². The van der Waals surface area contributed by atoms with Crippen LogP contribution in [0.3, 0.4) is 0 Å². The van der Waals surface area contributed by atoms with Crippen LogP contribution in [0.15, 0.2) is 72.8 Å². The van der Waals surface area contributed by atoms with E-state index >= 15 is 0 Å². The highest BCUT2D eigenvalue weighted by molar-refractivity contribution is 6.12. The Morgan fingerprint density at radius 3 is 1.59 bits per heavy atom. The van der Waals surface area contributed by atoms with E-state index in [0.29, 0.717) is 5.56 Å². The van der Waals surface area contributed by atoms with Crippen LogP contribution in [0, 0.1) is 11.6 Å². The Morgan fingerprint density at radius 2 is 1.05 bits per heavy atom. The predicted molar refractivity (Wildman–Crippen MR) is 86.8 cm³/mol. The summed E-state index contributed by atoms with van der Waals surface area (Å²) in [4.78, 5) is 0. The Hall–Kier alpha value is -2.74. The van der Waals surface area contributed by atoms with E-state index in [4.69, 9.17) is 0 Å². The third kappa shape index (κ3) is 2.04. The van der Waals surface area contributed by atoms with Gasteiger partial charge in [0.1, 0.15) is 11.6 Å². The van der Waals surface area contributed by atoms with Gasteiger partial charge in [-0.1, -0.05) is 48.5 Å². The molecule has 4 aromatic carbocycles. The van der Waals surface area contributed by atoms with Gasteiger partial charge in [0.05, 0.1) is 0 Å². The zero-order valence-corrected chi connectivity index (χ0v) is 11.7. The Balaban J connectivity index is 2.21. The van der Waals surface area contributed by atoms with Crippen LogP contribution in [0.5, 0.6) is 0 Å². The van der Waals surface area contributed by atoms with E-state index < -0.39 is 11.6 Å². The van der Waals surface area contributed by atoms with Crippen LogP contribution >= 0.6 is 0 Å². The minimum Gasteiger partial charge on any atom is -0.207 e. The number of rotatable bonds is 1. The molecule has 4 aromatic rings. The summed E-state index contributed by atoms with van der Waals surface area (Å²) in [7, 11) is 0. The molecule has 0 bridgehead atoms. The molecule has 0 saturated carbocycles. The monoisotopic (exact) mass is 290 g/mol. The SMILES string of the molecule is Fc1cc(F)cc(-c2c3ccccc3cc3ccccc23)c1. The quantitative estimate of drug-likeness (QED) is 0.381. The maximum Gasteiger partial charge on any atom is 0.126 e. The van der Waals surface area contributed by atoms with E-state index in [1.807, 2.05) is 48.5 Å². The molecular weight excluding hydrogens is 278 g/mol. The van der Waals surface area contributed by atoms with Crippen molar-refractivity contribution in [1.82, 2.24) is 0 Å². The average molecular weight is 290 g/mol. The third-order valence-electron chi connectivity index (χ3n) is 3.92. The van der Waals surface area contributed by atoms with Crippen molar-refractivity contribution in [2.24, 2.45) is 0 Å². The molecule has 0 aliphatic rings. The van der Waals surface area contributed by atoms with Crippen molar-refractivity contribution in [2.45, 2.75) is 0 Å². The molecule has 0 saturated heterocycles. The number of halogens is 2. The highest BCUT2D eigenvalue weighted by Crippen LogP contribution is 2.36. The van der Waals surface area contributed by atoms with Gasteiger partial charge < -0.3 is 0 Å². The van der Waals surface area contributed by atoms with Gasteiger partial charge in [-0.25, -0.2) is 8.78 Å². The first-order valence-electron chi connectivity index (χ1n) is 7.09. The minimum absolute atomic E-state index is 0.561. The van der Waals surface area contributed by atoms with Crippen molar-refractivity contribution >= 4 is 21.5 Å². The fraction of sp³-hybridized carbons (Fsp3) is 0. The molecule has 0 N–H and O–H groups in total. The summed E-state index contributed by atoms with van der Waals surface area (Å²) in [6, 6.07) is 21.6. The molecule has 0 atom stereocenters. The van der Waals surface area contributed by atoms with E-state index in [9.17, 15) is 8.78 Å². The van der Waals surface area contributed by atoms with E-state index in [0.717, 1.165) is 33.2 Å². The van der Waals surface area contributed by atoms with Crippen molar-refractivity contribution in [3.8, 4) is 11.1 Å². The first kappa shape index (κ1) is 13.0. The molecule has 0 unspecified atom stereocenters. The largest absolute Gasteiger partial charge is 0.207 e. The fourth-order valence-corrected chi connectivity index (χ4v) is 3.02. The normalized spacial score (nSPS) is 11.2. The summed E-state index contributed by atoms with van der Waals surface area (Å²) in [5.74, 6) is -1.13. The highest BCUT2D eigenvalue weighted by Gasteiger charge is 2.11. The molecule has 2 heteroatoms. The molecule has 0 aliphatic heterocycles. The molecule has 0 aliphatic carbocycles. The molecule has 0 nitrogen and oxygen atoms in total. The molecular formula is C20H12F2. The van der Waals surface area contributed by atoms with Gasteiger partial charge in [0, 0.05) is 6.07 Å². The van der Waals surface area contributed by atoms with E-state index in [2.05, 4.69) is 6.07 Å². The lowest BCUT2D eigenvalue weighted by atomic mass is 9.92. The lowest BCUT2D eigenvalue weighted by molar-refractivity contribution is 0.584. The fourth-order valence-electron chi connectivity index (χ4n) is 3.02. The van der Waals surface area contributed by atoms with Gasteiger partial charge in [-0.3, -0.25) is 0 Å². The lowest BCUT2D eigenvalue weighted by Gasteiger charge is -2.12. The van der Waals surface area contributed by atoms with Gasteiger partial charge in [0.2, 0.25) is 0 Å². The highest BCUT2D eigenvalue weighted by atomic mass is 19.1. The zero-order valence-electron chi connectivity index (χ0n) is 11.7. The van der Waals surface area contributed by atoms with Gasteiger partial charge in [0.15, 0.2) is 0 Å². The summed E-state index contributed by atoms with van der Waals surface area (Å²) in [5.41, 5.74) is 1.43. The van der Waals surface area contributed by atoms with Crippen LogP contribution in [-0.4, -0.2) is 0 Å². The van der Waals surface area contributed by atoms with Crippen molar-refractivity contribution in [3.05, 3.63) is 84.4 Å². The molecule has 22 heavy (non-hydrogen) atoms. The molecule has 0 amide bonds. The smallest absolute Gasteiger partial charge is 0.126 e. The molecule has 4 rings (SSSR count). The standard InChI is InChI=1S/C20H12F2/c21-16-10-15(11-17(22)12-16)20-18-7-3-1-5-13(18)9-14-6-2-4-8-19(14)20/h1-12H. The summed E-state index contributed by atoms with van der Waals surface area (Å²) in [6.07, 6.45) is 0. The van der Waals surface area contributed by atoms with Gasteiger partial charge in [0.25, 0.3) is 0 Å². The van der Waals surface area contributed by atoms with E-state index in [1.165, 1.54) is 12.1 Å². The second kappa shape index (κ2) is 4.92. The van der Waals surface area contributed by atoms with Crippen LogP contribution in [0.2, 0.25) is 0 Å². The maximum atomic E-state index is 13.7. The Morgan fingerprint density at radius 1 is 0.545 bits per heavy atom. The van der Waals surface area contributed by atoms with E-state index in [-0.39, 0.29) is 0 Å². The number of hydrogen-bond donors (Lipinski definition) is 0. The molecule has 0 fully saturated rings. The van der Waals surface area contributed by atoms with Crippen LogP contribution in [0.4, 0.5) is 8.78 Å². The lowest BCUT2D eigenvalue weighted by Crippen LogP contribution is -1.88. The maximum absolute atomic E-state index is 13.7. The number of hydrogen-bond acceptors (Lipinski definition) is 0. The first-order valence-corrected chi connectivity index (χ1v) is 7.09. The Labute approximate surface area is 126 Å². The van der Waals surface area contributed by atoms with Crippen molar-refractivity contribution in [3.63, 3.8) is 0 Å². The van der Waals surface area contributed by atoms with Crippen LogP contribution in [-0.2, 0) is 0 Å². The number of fused-ring (bicyclic) bond motifs is 2. The summed E-state index contributed by atoms with van der Waals surface area (Å²) < 4.78 is 27.3.